The number of hydrogen-bond acceptors (Lipinski definition) is 2. The van der Waals surface area contributed by atoms with Crippen LogP contribution in [0.1, 0.15) is 6.42 Å². The zero-order valence-corrected chi connectivity index (χ0v) is 8.21. The van der Waals surface area contributed by atoms with Gasteiger partial charge in [-0.15, -0.1) is 0 Å². The van der Waals surface area contributed by atoms with Gasteiger partial charge in [-0.3, -0.25) is 0 Å². The highest BCUT2D eigenvalue weighted by Gasteiger charge is 2.29. The maximum absolute atomic E-state index is 12.9. The Morgan fingerprint density at radius 3 is 2.50 bits per heavy atom. The van der Waals surface area contributed by atoms with Gasteiger partial charge < -0.3 is 15.1 Å². The summed E-state index contributed by atoms with van der Waals surface area (Å²) < 4.78 is 12.9. The number of rotatable bonds is 0. The van der Waals surface area contributed by atoms with Gasteiger partial charge in [0.1, 0.15) is 6.17 Å². The van der Waals surface area contributed by atoms with Crippen molar-refractivity contribution in [2.45, 2.75) is 12.6 Å². The second-order valence-electron chi connectivity index (χ2n) is 3.85. The van der Waals surface area contributed by atoms with E-state index in [2.05, 4.69) is 5.32 Å². The third-order valence-corrected chi connectivity index (χ3v) is 2.79. The van der Waals surface area contributed by atoms with E-state index in [1.807, 2.05) is 0 Å². The van der Waals surface area contributed by atoms with Crippen molar-refractivity contribution < 1.29 is 9.18 Å². The van der Waals surface area contributed by atoms with Crippen LogP contribution in [0.5, 0.6) is 0 Å². The largest absolute Gasteiger partial charge is 0.322 e. The third-order valence-electron chi connectivity index (χ3n) is 2.79. The molecule has 1 N–H and O–H groups in total. The molecule has 4 nitrogen and oxygen atoms in total. The van der Waals surface area contributed by atoms with E-state index in [0.29, 0.717) is 13.0 Å². The Morgan fingerprint density at radius 2 is 1.93 bits per heavy atom. The fraction of sp³-hybridized carbons (Fsp3) is 0.889. The topological polar surface area (TPSA) is 35.6 Å². The molecule has 0 saturated carbocycles. The summed E-state index contributed by atoms with van der Waals surface area (Å²) in [6.07, 6.45) is -0.320. The predicted octanol–water partition coefficient (Wildman–Crippen LogP) is 0.0554. The molecular weight excluding hydrogens is 185 g/mol. The van der Waals surface area contributed by atoms with Crippen molar-refractivity contribution in [3.8, 4) is 0 Å². The normalized spacial score (nSPS) is 28.2. The predicted molar refractivity (Wildman–Crippen MR) is 50.9 cm³/mol. The van der Waals surface area contributed by atoms with Gasteiger partial charge in [0.15, 0.2) is 0 Å². The first-order valence-electron chi connectivity index (χ1n) is 5.16. The van der Waals surface area contributed by atoms with Gasteiger partial charge in [-0.05, 0) is 6.42 Å². The number of amides is 2. The third kappa shape index (κ3) is 1.97. The molecule has 2 aliphatic rings. The molecule has 2 amide bonds. The molecule has 0 aromatic heterocycles. The molecule has 2 aliphatic heterocycles. The second kappa shape index (κ2) is 4.13. The van der Waals surface area contributed by atoms with Gasteiger partial charge in [-0.2, -0.15) is 0 Å². The highest BCUT2D eigenvalue weighted by atomic mass is 19.1. The molecule has 1 unspecified atom stereocenters. The van der Waals surface area contributed by atoms with Crippen molar-refractivity contribution >= 4 is 6.03 Å². The Balaban J connectivity index is 1.87. The van der Waals surface area contributed by atoms with E-state index >= 15 is 0 Å². The minimum atomic E-state index is -0.818. The molecule has 0 radical (unpaired) electrons. The lowest BCUT2D eigenvalue weighted by Gasteiger charge is -2.31. The van der Waals surface area contributed by atoms with Crippen LogP contribution in [0, 0.1) is 0 Å². The van der Waals surface area contributed by atoms with Crippen LogP contribution in [0.25, 0.3) is 0 Å². The molecule has 2 saturated heterocycles. The lowest BCUT2D eigenvalue weighted by molar-refractivity contribution is 0.153. The van der Waals surface area contributed by atoms with Crippen molar-refractivity contribution in [2.75, 3.05) is 39.3 Å². The first-order chi connectivity index (χ1) is 6.77. The van der Waals surface area contributed by atoms with E-state index in [9.17, 15) is 9.18 Å². The van der Waals surface area contributed by atoms with Crippen molar-refractivity contribution in [1.29, 1.82) is 0 Å². The van der Waals surface area contributed by atoms with Crippen LogP contribution >= 0.6 is 0 Å². The molecule has 2 rings (SSSR count). The van der Waals surface area contributed by atoms with Gasteiger partial charge in [0.2, 0.25) is 0 Å². The molecule has 0 aliphatic carbocycles. The number of likely N-dealkylation sites (tertiary alicyclic amines) is 1. The summed E-state index contributed by atoms with van der Waals surface area (Å²) >= 11 is 0. The lowest BCUT2D eigenvalue weighted by Crippen LogP contribution is -2.51. The highest BCUT2D eigenvalue weighted by Crippen LogP contribution is 2.14. The van der Waals surface area contributed by atoms with Crippen LogP contribution in [0.15, 0.2) is 0 Å². The van der Waals surface area contributed by atoms with Gasteiger partial charge in [0, 0.05) is 32.7 Å². The molecule has 0 aromatic rings. The van der Waals surface area contributed by atoms with Crippen molar-refractivity contribution in [3.63, 3.8) is 0 Å². The summed E-state index contributed by atoms with van der Waals surface area (Å²) in [5, 5.41) is 3.18. The Labute approximate surface area is 83.0 Å². The average Bonchev–Trinajstić information content (AvgIpc) is 2.65. The van der Waals surface area contributed by atoms with E-state index < -0.39 is 6.17 Å². The fourth-order valence-corrected chi connectivity index (χ4v) is 1.95. The SMILES string of the molecule is O=C(N1CCNCC1)N1CCC(F)C1. The maximum atomic E-state index is 12.9. The Hall–Kier alpha value is -0.840. The minimum absolute atomic E-state index is 0.00616. The molecule has 0 bridgehead atoms. The van der Waals surface area contributed by atoms with Crippen LogP contribution in [0.2, 0.25) is 0 Å². The summed E-state index contributed by atoms with van der Waals surface area (Å²) in [6.45, 7) is 4.03. The average molecular weight is 201 g/mol. The van der Waals surface area contributed by atoms with Crippen LogP contribution in [-0.2, 0) is 0 Å². The van der Waals surface area contributed by atoms with Crippen LogP contribution < -0.4 is 5.32 Å². The summed E-state index contributed by atoms with van der Waals surface area (Å²) in [6, 6.07) is 0.00616. The van der Waals surface area contributed by atoms with E-state index in [0.717, 1.165) is 26.2 Å². The van der Waals surface area contributed by atoms with Gasteiger partial charge >= 0.3 is 6.03 Å². The molecule has 5 heteroatoms. The number of carbonyl (C=O) groups excluding carboxylic acids is 1. The van der Waals surface area contributed by atoms with Crippen LogP contribution in [-0.4, -0.2) is 61.3 Å². The molecule has 14 heavy (non-hydrogen) atoms. The summed E-state index contributed by atoms with van der Waals surface area (Å²) in [5.41, 5.74) is 0. The molecular formula is C9H16FN3O. The number of piperazine rings is 1. The molecule has 0 spiro atoms. The molecule has 2 heterocycles. The van der Waals surface area contributed by atoms with Crippen molar-refractivity contribution in [3.05, 3.63) is 0 Å². The lowest BCUT2D eigenvalue weighted by atomic mass is 10.3. The van der Waals surface area contributed by atoms with E-state index in [1.165, 1.54) is 0 Å². The smallest absolute Gasteiger partial charge is 0.320 e. The number of nitrogens with one attached hydrogen (secondary N) is 1. The van der Waals surface area contributed by atoms with Gasteiger partial charge in [-0.1, -0.05) is 0 Å². The first kappa shape index (κ1) is 9.71. The standard InChI is InChI=1S/C9H16FN3O/c10-8-1-4-13(7-8)9(14)12-5-2-11-3-6-12/h8,11H,1-7H2. The summed E-state index contributed by atoms with van der Waals surface area (Å²) in [4.78, 5) is 15.2. The zero-order chi connectivity index (χ0) is 9.97. The van der Waals surface area contributed by atoms with Gasteiger partial charge in [0.25, 0.3) is 0 Å². The van der Waals surface area contributed by atoms with Crippen molar-refractivity contribution in [2.24, 2.45) is 0 Å². The Bertz CT molecular complexity index is 211. The summed E-state index contributed by atoms with van der Waals surface area (Å²) in [5.74, 6) is 0. The highest BCUT2D eigenvalue weighted by molar-refractivity contribution is 5.75. The van der Waals surface area contributed by atoms with E-state index in [-0.39, 0.29) is 12.6 Å². The number of hydrogen-bond donors (Lipinski definition) is 1. The monoisotopic (exact) mass is 201 g/mol. The Morgan fingerprint density at radius 1 is 1.21 bits per heavy atom. The quantitative estimate of drug-likeness (QED) is 0.601. The molecule has 1 atom stereocenters. The number of urea groups is 1. The molecule has 2 fully saturated rings. The van der Waals surface area contributed by atoms with Gasteiger partial charge in [-0.25, -0.2) is 9.18 Å². The van der Waals surface area contributed by atoms with E-state index in [4.69, 9.17) is 0 Å². The first-order valence-corrected chi connectivity index (χ1v) is 5.16. The summed E-state index contributed by atoms with van der Waals surface area (Å²) in [7, 11) is 0. The van der Waals surface area contributed by atoms with Crippen LogP contribution in [0.4, 0.5) is 9.18 Å². The second-order valence-corrected chi connectivity index (χ2v) is 3.85. The Kier molecular flexibility index (Phi) is 2.86. The minimum Gasteiger partial charge on any atom is -0.322 e. The zero-order valence-electron chi connectivity index (χ0n) is 8.21. The number of carbonyl (C=O) groups is 1. The maximum Gasteiger partial charge on any atom is 0.320 e. The fourth-order valence-electron chi connectivity index (χ4n) is 1.95. The van der Waals surface area contributed by atoms with E-state index in [1.54, 1.807) is 9.80 Å². The van der Waals surface area contributed by atoms with Crippen molar-refractivity contribution in [1.82, 2.24) is 15.1 Å². The molecule has 0 aromatic carbocycles. The number of halogens is 1. The number of alkyl halides is 1. The number of nitrogens with zero attached hydrogens (tertiary/aromatic N) is 2. The van der Waals surface area contributed by atoms with Gasteiger partial charge in [0.05, 0.1) is 6.54 Å². The molecule has 80 valence electrons. The van der Waals surface area contributed by atoms with Crippen LogP contribution in [0.3, 0.4) is 0 Å².